The minimum Gasteiger partial charge on any atom is -0.379 e. The molecule has 1 amide bonds. The molecule has 0 bridgehead atoms. The lowest BCUT2D eigenvalue weighted by molar-refractivity contribution is -0.139. The number of halogens is 7. The number of piperazine rings is 1. The van der Waals surface area contributed by atoms with E-state index in [1.807, 2.05) is 0 Å². The number of hydrogen-bond donors (Lipinski definition) is 2. The molecule has 0 saturated carbocycles. The van der Waals surface area contributed by atoms with Crippen molar-refractivity contribution < 1.29 is 35.5 Å². The molecule has 1 unspecified atom stereocenters. The van der Waals surface area contributed by atoms with Crippen LogP contribution in [0.5, 0.6) is 0 Å². The monoisotopic (exact) mass is 612 g/mol. The molecule has 43 heavy (non-hydrogen) atoms. The van der Waals surface area contributed by atoms with Gasteiger partial charge in [0.15, 0.2) is 0 Å². The van der Waals surface area contributed by atoms with E-state index in [0.717, 1.165) is 6.20 Å². The van der Waals surface area contributed by atoms with Crippen molar-refractivity contribution in [2.45, 2.75) is 31.9 Å². The Morgan fingerprint density at radius 3 is 2.33 bits per heavy atom. The van der Waals surface area contributed by atoms with Crippen molar-refractivity contribution in [3.05, 3.63) is 75.8 Å². The van der Waals surface area contributed by atoms with Gasteiger partial charge in [0.05, 0.1) is 23.0 Å². The molecule has 1 aliphatic heterocycles. The number of rotatable bonds is 6. The maximum atomic E-state index is 14.2. The largest absolute Gasteiger partial charge is 0.423 e. The zero-order chi connectivity index (χ0) is 31.1. The molecule has 0 aliphatic carbocycles. The number of carbonyl (C=O) groups excluding carboxylic acids is 1. The maximum absolute atomic E-state index is 14.2. The molecule has 0 radical (unpaired) electrons. The normalized spacial score (nSPS) is 15.2. The van der Waals surface area contributed by atoms with Crippen LogP contribution in [0.25, 0.3) is 10.9 Å². The highest BCUT2D eigenvalue weighted by molar-refractivity contribution is 6.07. The van der Waals surface area contributed by atoms with Crippen molar-refractivity contribution in [1.82, 2.24) is 29.6 Å². The van der Waals surface area contributed by atoms with E-state index in [2.05, 4.69) is 20.4 Å². The van der Waals surface area contributed by atoms with Crippen LogP contribution in [0.2, 0.25) is 0 Å². The van der Waals surface area contributed by atoms with Crippen LogP contribution < -0.4 is 15.8 Å². The summed E-state index contributed by atoms with van der Waals surface area (Å²) in [5, 5.41) is 8.14. The highest BCUT2D eigenvalue weighted by Gasteiger charge is 2.38. The first-order valence-corrected chi connectivity index (χ1v) is 12.9. The van der Waals surface area contributed by atoms with Gasteiger partial charge in [-0.05, 0) is 25.1 Å². The number of benzene rings is 1. The van der Waals surface area contributed by atoms with Crippen LogP contribution in [0.15, 0.2) is 47.8 Å². The molecule has 1 atom stereocenters. The van der Waals surface area contributed by atoms with Gasteiger partial charge in [0, 0.05) is 68.3 Å². The molecular weight excluding hydrogens is 589 g/mol. The Morgan fingerprint density at radius 2 is 1.70 bits per heavy atom. The number of H-pyrrole nitrogens is 1. The Morgan fingerprint density at radius 1 is 1.02 bits per heavy atom. The minimum absolute atomic E-state index is 0.0402. The van der Waals surface area contributed by atoms with E-state index in [0.29, 0.717) is 23.3 Å². The fourth-order valence-electron chi connectivity index (χ4n) is 4.90. The van der Waals surface area contributed by atoms with Crippen LogP contribution >= 0.6 is 0 Å². The lowest BCUT2D eigenvalue weighted by atomic mass is 10.1. The van der Waals surface area contributed by atoms with Crippen molar-refractivity contribution in [2.75, 3.05) is 36.4 Å². The summed E-state index contributed by atoms with van der Waals surface area (Å²) in [7, 11) is 0. The van der Waals surface area contributed by atoms with Gasteiger partial charge in [-0.3, -0.25) is 9.59 Å². The number of amides is 1. The van der Waals surface area contributed by atoms with Crippen molar-refractivity contribution in [3.63, 3.8) is 0 Å². The van der Waals surface area contributed by atoms with Crippen LogP contribution in [0, 0.1) is 5.82 Å². The smallest absolute Gasteiger partial charge is 0.379 e. The van der Waals surface area contributed by atoms with E-state index >= 15 is 0 Å². The third kappa shape index (κ3) is 6.24. The predicted molar refractivity (Wildman–Crippen MR) is 140 cm³/mol. The highest BCUT2D eigenvalue weighted by atomic mass is 19.4. The van der Waals surface area contributed by atoms with Gasteiger partial charge < -0.3 is 19.7 Å². The molecule has 17 heteroatoms. The Labute approximate surface area is 238 Å². The minimum atomic E-state index is -4.93. The van der Waals surface area contributed by atoms with E-state index < -0.39 is 52.5 Å². The molecule has 3 aromatic heterocycles. The second kappa shape index (κ2) is 11.2. The number of hydrogen-bond acceptors (Lipinski definition) is 7. The van der Waals surface area contributed by atoms with Crippen LogP contribution in [-0.2, 0) is 18.9 Å². The van der Waals surface area contributed by atoms with Gasteiger partial charge in [0.25, 0.3) is 11.5 Å². The van der Waals surface area contributed by atoms with Crippen molar-refractivity contribution in [1.29, 1.82) is 0 Å². The molecule has 4 aromatic rings. The van der Waals surface area contributed by atoms with Gasteiger partial charge in [-0.25, -0.2) is 19.5 Å². The molecule has 5 rings (SSSR count). The van der Waals surface area contributed by atoms with Crippen molar-refractivity contribution in [2.24, 2.45) is 0 Å². The SMILES string of the molecule is CC(Cn1cc(C(=O)N2CCN(c3ncc(C(F)(F)F)cn3)CC2)c2cc(F)ccc21)Nc1cn[nH]c(=O)c1C(F)(F)F. The highest BCUT2D eigenvalue weighted by Crippen LogP contribution is 2.32. The number of aromatic nitrogens is 5. The molecule has 10 nitrogen and oxygen atoms in total. The Kier molecular flexibility index (Phi) is 7.74. The zero-order valence-corrected chi connectivity index (χ0v) is 22.3. The molecule has 4 heterocycles. The predicted octanol–water partition coefficient (Wildman–Crippen LogP) is 4.15. The summed E-state index contributed by atoms with van der Waals surface area (Å²) in [5.74, 6) is -0.940. The summed E-state index contributed by atoms with van der Waals surface area (Å²) >= 11 is 0. The summed E-state index contributed by atoms with van der Waals surface area (Å²) in [5.41, 5.74) is -3.70. The Hall–Kier alpha value is -4.70. The number of nitrogens with one attached hydrogen (secondary N) is 2. The van der Waals surface area contributed by atoms with Crippen LogP contribution in [0.4, 0.5) is 42.4 Å². The molecule has 0 spiro atoms. The van der Waals surface area contributed by atoms with Crippen molar-refractivity contribution in [3.8, 4) is 0 Å². The first kappa shape index (κ1) is 29.8. The average Bonchev–Trinajstić information content (AvgIpc) is 3.28. The van der Waals surface area contributed by atoms with E-state index in [-0.39, 0.29) is 44.2 Å². The zero-order valence-electron chi connectivity index (χ0n) is 22.3. The third-order valence-corrected chi connectivity index (χ3v) is 6.90. The average molecular weight is 613 g/mol. The van der Waals surface area contributed by atoms with Gasteiger partial charge in [-0.2, -0.15) is 31.4 Å². The Balaban J connectivity index is 1.33. The lowest BCUT2D eigenvalue weighted by Crippen LogP contribution is -2.49. The summed E-state index contributed by atoms with van der Waals surface area (Å²) in [4.78, 5) is 36.1. The molecule has 2 N–H and O–H groups in total. The summed E-state index contributed by atoms with van der Waals surface area (Å²) in [6.45, 7) is 2.44. The van der Waals surface area contributed by atoms with Crippen LogP contribution in [0.1, 0.15) is 28.4 Å². The van der Waals surface area contributed by atoms with Gasteiger partial charge in [-0.15, -0.1) is 0 Å². The fraction of sp³-hybridized carbons (Fsp3) is 0.346. The topological polar surface area (TPSA) is 112 Å². The van der Waals surface area contributed by atoms with Crippen LogP contribution in [-0.4, -0.2) is 67.8 Å². The number of carbonyl (C=O) groups is 1. The maximum Gasteiger partial charge on any atom is 0.423 e. The number of aromatic amines is 1. The first-order chi connectivity index (χ1) is 20.2. The molecule has 1 aromatic carbocycles. The van der Waals surface area contributed by atoms with E-state index in [1.165, 1.54) is 29.3 Å². The molecular formula is C26H23F7N8O2. The molecule has 1 aliphatic rings. The molecule has 1 saturated heterocycles. The van der Waals surface area contributed by atoms with Gasteiger partial charge >= 0.3 is 12.4 Å². The standard InChI is InChI=1S/C26H23F7N8O2/c1-14(37-19-11-36-38-22(42)21(19)26(31,32)33)12-41-13-18(17-8-16(27)2-3-20(17)41)23(43)39-4-6-40(7-5-39)24-34-9-15(10-35-24)25(28,29)30/h2-3,8-11,13-14H,4-7,12H2,1H3,(H2,37,38,42). The number of nitrogens with zero attached hydrogens (tertiary/aromatic N) is 6. The second-order valence-electron chi connectivity index (χ2n) is 9.94. The van der Waals surface area contributed by atoms with Crippen molar-refractivity contribution >= 4 is 28.4 Å². The second-order valence-corrected chi connectivity index (χ2v) is 9.94. The van der Waals surface area contributed by atoms with E-state index in [1.54, 1.807) is 21.5 Å². The fourth-order valence-corrected chi connectivity index (χ4v) is 4.90. The number of anilines is 2. The summed E-state index contributed by atoms with van der Waals surface area (Å²) in [6, 6.07) is 3.13. The summed E-state index contributed by atoms with van der Waals surface area (Å²) in [6.07, 6.45) is -5.78. The van der Waals surface area contributed by atoms with Crippen LogP contribution in [0.3, 0.4) is 0 Å². The first-order valence-electron chi connectivity index (χ1n) is 12.9. The molecule has 228 valence electrons. The summed E-state index contributed by atoms with van der Waals surface area (Å²) < 4.78 is 94.7. The lowest BCUT2D eigenvalue weighted by Gasteiger charge is -2.34. The number of fused-ring (bicyclic) bond motifs is 1. The third-order valence-electron chi connectivity index (χ3n) is 6.90. The van der Waals surface area contributed by atoms with Gasteiger partial charge in [0.1, 0.15) is 11.4 Å². The number of alkyl halides is 6. The van der Waals surface area contributed by atoms with Gasteiger partial charge in [-0.1, -0.05) is 0 Å². The van der Waals surface area contributed by atoms with Gasteiger partial charge in [0.2, 0.25) is 5.95 Å². The van der Waals surface area contributed by atoms with E-state index in [9.17, 15) is 40.3 Å². The quantitative estimate of drug-likeness (QED) is 0.315. The molecule has 1 fully saturated rings. The Bertz CT molecular complexity index is 1690. The van der Waals surface area contributed by atoms with E-state index in [4.69, 9.17) is 0 Å².